The summed E-state index contributed by atoms with van der Waals surface area (Å²) in [4.78, 5) is 16.5. The third-order valence-corrected chi connectivity index (χ3v) is 4.97. The van der Waals surface area contributed by atoms with Crippen molar-refractivity contribution in [3.05, 3.63) is 48.0 Å². The molecular formula is C20H28FN5O. The normalized spacial score (nSPS) is 15.3. The van der Waals surface area contributed by atoms with Gasteiger partial charge in [0, 0.05) is 38.4 Å². The summed E-state index contributed by atoms with van der Waals surface area (Å²) in [6, 6.07) is 6.05. The number of likely N-dealkylation sites (tertiary alicyclic amines) is 1. The van der Waals surface area contributed by atoms with E-state index < -0.39 is 0 Å². The molecule has 2 aromatic rings. The summed E-state index contributed by atoms with van der Waals surface area (Å²) < 4.78 is 14.7. The molecule has 1 fully saturated rings. The van der Waals surface area contributed by atoms with E-state index in [4.69, 9.17) is 0 Å². The lowest BCUT2D eigenvalue weighted by Gasteiger charge is -2.24. The number of urea groups is 1. The van der Waals surface area contributed by atoms with E-state index in [9.17, 15) is 9.18 Å². The summed E-state index contributed by atoms with van der Waals surface area (Å²) in [7, 11) is 1.83. The van der Waals surface area contributed by atoms with Crippen LogP contribution in [-0.4, -0.2) is 58.8 Å². The largest absolute Gasteiger partial charge is 0.334 e. The molecule has 2 amide bonds. The molecule has 0 atom stereocenters. The second kappa shape index (κ2) is 9.50. The average molecular weight is 373 g/mol. The summed E-state index contributed by atoms with van der Waals surface area (Å²) in [6.07, 6.45) is 8.70. The SMILES string of the molecule is CN(CCN1CCCCCC1)C(=O)NCc1cnn(-c2ccc(F)cc2)c1. The van der Waals surface area contributed by atoms with Gasteiger partial charge in [-0.25, -0.2) is 13.9 Å². The molecule has 0 bridgehead atoms. The van der Waals surface area contributed by atoms with Crippen LogP contribution in [0, 0.1) is 5.82 Å². The van der Waals surface area contributed by atoms with Gasteiger partial charge in [0.1, 0.15) is 5.82 Å². The van der Waals surface area contributed by atoms with Crippen molar-refractivity contribution in [2.24, 2.45) is 0 Å². The predicted molar refractivity (Wildman–Crippen MR) is 103 cm³/mol. The smallest absolute Gasteiger partial charge is 0.317 e. The zero-order valence-electron chi connectivity index (χ0n) is 15.9. The van der Waals surface area contributed by atoms with E-state index in [0.29, 0.717) is 6.54 Å². The van der Waals surface area contributed by atoms with Gasteiger partial charge in [0.05, 0.1) is 11.9 Å². The molecule has 1 aromatic carbocycles. The Labute approximate surface area is 160 Å². The quantitative estimate of drug-likeness (QED) is 0.847. The van der Waals surface area contributed by atoms with Crippen molar-refractivity contribution in [2.45, 2.75) is 32.2 Å². The minimum absolute atomic E-state index is 0.0839. The number of carbonyl (C=O) groups excluding carboxylic acids is 1. The molecule has 1 aliphatic heterocycles. The number of halogens is 1. The van der Waals surface area contributed by atoms with Gasteiger partial charge in [-0.2, -0.15) is 5.10 Å². The summed E-state index contributed by atoms with van der Waals surface area (Å²) in [5, 5.41) is 7.20. The molecule has 0 unspecified atom stereocenters. The standard InChI is InChI=1S/C20H28FN5O/c1-24(12-13-25-10-4-2-3-5-11-25)20(27)22-14-17-15-23-26(16-17)19-8-6-18(21)7-9-19/h6-9,15-16H,2-5,10-14H2,1H3,(H,22,27). The lowest BCUT2D eigenvalue weighted by molar-refractivity contribution is 0.195. The van der Waals surface area contributed by atoms with Gasteiger partial charge in [-0.3, -0.25) is 0 Å². The zero-order chi connectivity index (χ0) is 19.1. The van der Waals surface area contributed by atoms with E-state index in [1.54, 1.807) is 27.9 Å². The first-order valence-electron chi connectivity index (χ1n) is 9.62. The van der Waals surface area contributed by atoms with E-state index in [2.05, 4.69) is 15.3 Å². The lowest BCUT2D eigenvalue weighted by atomic mass is 10.2. The third kappa shape index (κ3) is 5.79. The molecule has 27 heavy (non-hydrogen) atoms. The molecule has 6 nitrogen and oxygen atoms in total. The van der Waals surface area contributed by atoms with E-state index in [0.717, 1.165) is 37.4 Å². The number of hydrogen-bond acceptors (Lipinski definition) is 3. The van der Waals surface area contributed by atoms with Gasteiger partial charge < -0.3 is 15.1 Å². The van der Waals surface area contributed by atoms with Crippen molar-refractivity contribution in [1.82, 2.24) is 24.9 Å². The Morgan fingerprint density at radius 3 is 2.59 bits per heavy atom. The maximum Gasteiger partial charge on any atom is 0.317 e. The first-order valence-corrected chi connectivity index (χ1v) is 9.62. The van der Waals surface area contributed by atoms with Gasteiger partial charge in [0.2, 0.25) is 0 Å². The number of hydrogen-bond donors (Lipinski definition) is 1. The van der Waals surface area contributed by atoms with Crippen molar-refractivity contribution < 1.29 is 9.18 Å². The second-order valence-corrected chi connectivity index (χ2v) is 7.11. The van der Waals surface area contributed by atoms with Crippen molar-refractivity contribution >= 4 is 6.03 Å². The number of rotatable bonds is 6. The summed E-state index contributed by atoms with van der Waals surface area (Å²) in [5.41, 5.74) is 1.68. The molecule has 1 N–H and O–H groups in total. The molecule has 7 heteroatoms. The van der Waals surface area contributed by atoms with E-state index in [1.165, 1.54) is 37.8 Å². The minimum Gasteiger partial charge on any atom is -0.334 e. The van der Waals surface area contributed by atoms with Crippen LogP contribution >= 0.6 is 0 Å². The van der Waals surface area contributed by atoms with Crippen LogP contribution in [0.1, 0.15) is 31.2 Å². The van der Waals surface area contributed by atoms with E-state index in [-0.39, 0.29) is 11.8 Å². The van der Waals surface area contributed by atoms with Crippen LogP contribution < -0.4 is 5.32 Å². The topological polar surface area (TPSA) is 53.4 Å². The highest BCUT2D eigenvalue weighted by Gasteiger charge is 2.13. The third-order valence-electron chi connectivity index (χ3n) is 4.97. The molecule has 1 aromatic heterocycles. The highest BCUT2D eigenvalue weighted by atomic mass is 19.1. The molecule has 0 aliphatic carbocycles. The first-order chi connectivity index (χ1) is 13.1. The molecular weight excluding hydrogens is 345 g/mol. The number of nitrogens with zero attached hydrogens (tertiary/aromatic N) is 4. The molecule has 0 saturated carbocycles. The first kappa shape index (κ1) is 19.4. The Morgan fingerprint density at radius 2 is 1.89 bits per heavy atom. The zero-order valence-corrected chi connectivity index (χ0v) is 15.9. The Hall–Kier alpha value is -2.41. The highest BCUT2D eigenvalue weighted by molar-refractivity contribution is 5.73. The highest BCUT2D eigenvalue weighted by Crippen LogP contribution is 2.10. The number of likely N-dealkylation sites (N-methyl/N-ethyl adjacent to an activating group) is 1. The maximum atomic E-state index is 13.0. The Bertz CT molecular complexity index is 722. The maximum absolute atomic E-state index is 13.0. The van der Waals surface area contributed by atoms with Crippen LogP contribution in [0.15, 0.2) is 36.7 Å². The van der Waals surface area contributed by atoms with Crippen LogP contribution in [0.2, 0.25) is 0 Å². The molecule has 146 valence electrons. The fraction of sp³-hybridized carbons (Fsp3) is 0.500. The van der Waals surface area contributed by atoms with E-state index >= 15 is 0 Å². The van der Waals surface area contributed by atoms with Crippen LogP contribution in [0.4, 0.5) is 9.18 Å². The molecule has 1 saturated heterocycles. The fourth-order valence-corrected chi connectivity index (χ4v) is 3.25. The van der Waals surface area contributed by atoms with Crippen molar-refractivity contribution in [2.75, 3.05) is 33.2 Å². The van der Waals surface area contributed by atoms with Gasteiger partial charge in [-0.05, 0) is 50.2 Å². The van der Waals surface area contributed by atoms with Crippen LogP contribution in [-0.2, 0) is 6.54 Å². The van der Waals surface area contributed by atoms with Gasteiger partial charge >= 0.3 is 6.03 Å². The van der Waals surface area contributed by atoms with Crippen molar-refractivity contribution in [3.8, 4) is 5.69 Å². The number of aromatic nitrogens is 2. The number of amides is 2. The van der Waals surface area contributed by atoms with Gasteiger partial charge in [0.15, 0.2) is 0 Å². The molecule has 3 rings (SSSR count). The summed E-state index contributed by atoms with van der Waals surface area (Å²) >= 11 is 0. The van der Waals surface area contributed by atoms with Gasteiger partial charge in [0.25, 0.3) is 0 Å². The number of nitrogens with one attached hydrogen (secondary N) is 1. The number of benzene rings is 1. The number of carbonyl (C=O) groups is 1. The second-order valence-electron chi connectivity index (χ2n) is 7.11. The minimum atomic E-state index is -0.276. The van der Waals surface area contributed by atoms with Gasteiger partial charge in [-0.1, -0.05) is 12.8 Å². The molecule has 1 aliphatic rings. The lowest BCUT2D eigenvalue weighted by Crippen LogP contribution is -2.41. The Morgan fingerprint density at radius 1 is 1.19 bits per heavy atom. The molecule has 0 radical (unpaired) electrons. The fourth-order valence-electron chi connectivity index (χ4n) is 3.25. The Kier molecular flexibility index (Phi) is 6.81. The van der Waals surface area contributed by atoms with Crippen LogP contribution in [0.5, 0.6) is 0 Å². The predicted octanol–water partition coefficient (Wildman–Crippen LogP) is 3.03. The molecule has 2 heterocycles. The van der Waals surface area contributed by atoms with Crippen molar-refractivity contribution in [1.29, 1.82) is 0 Å². The molecule has 0 spiro atoms. The van der Waals surface area contributed by atoms with Crippen LogP contribution in [0.25, 0.3) is 5.69 Å². The van der Waals surface area contributed by atoms with Crippen LogP contribution in [0.3, 0.4) is 0 Å². The summed E-state index contributed by atoms with van der Waals surface area (Å²) in [5.74, 6) is -0.276. The van der Waals surface area contributed by atoms with Crippen molar-refractivity contribution in [3.63, 3.8) is 0 Å². The monoisotopic (exact) mass is 373 g/mol. The van der Waals surface area contributed by atoms with E-state index in [1.807, 2.05) is 13.2 Å². The average Bonchev–Trinajstić information content (AvgIpc) is 2.99. The van der Waals surface area contributed by atoms with Gasteiger partial charge in [-0.15, -0.1) is 0 Å². The Balaban J connectivity index is 1.43. The summed E-state index contributed by atoms with van der Waals surface area (Å²) in [6.45, 7) is 4.33.